The van der Waals surface area contributed by atoms with E-state index in [0.29, 0.717) is 15.9 Å². The first kappa shape index (κ1) is 21.0. The molecule has 0 unspecified atom stereocenters. The highest BCUT2D eigenvalue weighted by Gasteiger charge is 2.29. The predicted octanol–water partition coefficient (Wildman–Crippen LogP) is 6.47. The molecule has 158 valence electrons. The minimum Gasteiger partial charge on any atom is -0.357 e. The summed E-state index contributed by atoms with van der Waals surface area (Å²) >= 11 is 3.03. The van der Waals surface area contributed by atoms with Gasteiger partial charge in [0, 0.05) is 41.1 Å². The summed E-state index contributed by atoms with van der Waals surface area (Å²) in [6.45, 7) is 2.03. The van der Waals surface area contributed by atoms with Gasteiger partial charge in [-0.05, 0) is 59.5 Å². The molecular formula is C20H19BrF3N5S. The van der Waals surface area contributed by atoms with Crippen molar-refractivity contribution in [2.24, 2.45) is 0 Å². The summed E-state index contributed by atoms with van der Waals surface area (Å²) in [5.74, 6) is 1.67. The van der Waals surface area contributed by atoms with Gasteiger partial charge in [0.25, 0.3) is 0 Å². The Morgan fingerprint density at radius 1 is 1.07 bits per heavy atom. The predicted molar refractivity (Wildman–Crippen MR) is 118 cm³/mol. The number of aromatic nitrogens is 3. The normalized spacial score (nSPS) is 14.7. The molecule has 1 aliphatic heterocycles. The molecule has 2 aromatic heterocycles. The van der Waals surface area contributed by atoms with Crippen molar-refractivity contribution in [3.8, 4) is 22.6 Å². The van der Waals surface area contributed by atoms with Gasteiger partial charge >= 0.3 is 5.51 Å². The molecule has 5 nitrogen and oxygen atoms in total. The molecule has 3 aromatic rings. The minimum atomic E-state index is -4.35. The lowest BCUT2D eigenvalue weighted by atomic mass is 10.1. The first-order valence-electron chi connectivity index (χ1n) is 9.46. The molecular weight excluding hydrogens is 479 g/mol. The van der Waals surface area contributed by atoms with Gasteiger partial charge in [0.1, 0.15) is 11.6 Å². The molecule has 4 rings (SSSR count). The number of anilines is 2. The van der Waals surface area contributed by atoms with E-state index in [1.54, 1.807) is 30.6 Å². The molecule has 30 heavy (non-hydrogen) atoms. The number of piperidine rings is 1. The monoisotopic (exact) mass is 497 g/mol. The number of nitrogens with zero attached hydrogens (tertiary/aromatic N) is 3. The Morgan fingerprint density at radius 3 is 2.60 bits per heavy atom. The third-order valence-electron chi connectivity index (χ3n) is 4.82. The van der Waals surface area contributed by atoms with E-state index in [-0.39, 0.29) is 11.9 Å². The van der Waals surface area contributed by atoms with Gasteiger partial charge in [-0.2, -0.15) is 13.2 Å². The van der Waals surface area contributed by atoms with Crippen LogP contribution in [0.2, 0.25) is 0 Å². The molecule has 0 spiro atoms. The fourth-order valence-corrected chi connectivity index (χ4v) is 4.36. The average Bonchev–Trinajstić information content (AvgIpc) is 3.23. The number of aromatic amines is 1. The Morgan fingerprint density at radius 2 is 1.87 bits per heavy atom. The van der Waals surface area contributed by atoms with Gasteiger partial charge < -0.3 is 14.6 Å². The van der Waals surface area contributed by atoms with Crippen molar-refractivity contribution >= 4 is 39.4 Å². The molecule has 0 amide bonds. The van der Waals surface area contributed by atoms with Crippen LogP contribution in [0.3, 0.4) is 0 Å². The van der Waals surface area contributed by atoms with Crippen molar-refractivity contribution in [1.82, 2.24) is 15.0 Å². The van der Waals surface area contributed by atoms with Gasteiger partial charge in [-0.1, -0.05) is 6.07 Å². The molecule has 0 saturated carbocycles. The number of rotatable bonds is 5. The first-order chi connectivity index (χ1) is 14.4. The zero-order chi connectivity index (χ0) is 21.1. The summed E-state index contributed by atoms with van der Waals surface area (Å²) in [4.78, 5) is 14.6. The van der Waals surface area contributed by atoms with Gasteiger partial charge in [-0.15, -0.1) is 0 Å². The van der Waals surface area contributed by atoms with Crippen molar-refractivity contribution in [3.63, 3.8) is 0 Å². The van der Waals surface area contributed by atoms with Crippen LogP contribution in [0.25, 0.3) is 22.6 Å². The van der Waals surface area contributed by atoms with Crippen molar-refractivity contribution < 1.29 is 13.2 Å². The third kappa shape index (κ3) is 5.10. The van der Waals surface area contributed by atoms with Gasteiger partial charge in [0.2, 0.25) is 0 Å². The molecule has 0 atom stereocenters. The second-order valence-corrected chi connectivity index (χ2v) is 8.65. The van der Waals surface area contributed by atoms with Crippen LogP contribution in [-0.2, 0) is 0 Å². The van der Waals surface area contributed by atoms with Gasteiger partial charge in [-0.25, -0.2) is 9.97 Å². The van der Waals surface area contributed by atoms with Crippen molar-refractivity contribution in [1.29, 1.82) is 0 Å². The van der Waals surface area contributed by atoms with Crippen LogP contribution in [0.1, 0.15) is 19.3 Å². The van der Waals surface area contributed by atoms with E-state index < -0.39 is 5.51 Å². The fourth-order valence-electron chi connectivity index (χ4n) is 3.35. The van der Waals surface area contributed by atoms with Gasteiger partial charge in [0.15, 0.2) is 0 Å². The average molecular weight is 498 g/mol. The number of nitrogens with one attached hydrogen (secondary N) is 2. The van der Waals surface area contributed by atoms with Crippen LogP contribution in [0.15, 0.2) is 47.2 Å². The number of alkyl halides is 3. The van der Waals surface area contributed by atoms with Gasteiger partial charge in [-0.3, -0.25) is 0 Å². The second kappa shape index (κ2) is 8.89. The van der Waals surface area contributed by atoms with E-state index >= 15 is 0 Å². The molecule has 1 fully saturated rings. The maximum absolute atomic E-state index is 12.4. The Bertz CT molecular complexity index is 1020. The van der Waals surface area contributed by atoms with Crippen LogP contribution in [0.5, 0.6) is 0 Å². The first-order valence-corrected chi connectivity index (χ1v) is 11.1. The third-order valence-corrected chi connectivity index (χ3v) is 6.03. The molecule has 1 aromatic carbocycles. The summed E-state index contributed by atoms with van der Waals surface area (Å²) in [6, 6.07) is 9.01. The largest absolute Gasteiger partial charge is 0.461 e. The van der Waals surface area contributed by atoms with Crippen LogP contribution in [0.4, 0.5) is 24.7 Å². The molecule has 0 bridgehead atoms. The van der Waals surface area contributed by atoms with Crippen molar-refractivity contribution in [2.75, 3.05) is 22.7 Å². The van der Waals surface area contributed by atoms with E-state index in [9.17, 15) is 13.2 Å². The van der Waals surface area contributed by atoms with Crippen molar-refractivity contribution in [3.05, 3.63) is 47.2 Å². The number of hydrogen-bond acceptors (Lipinski definition) is 5. The maximum atomic E-state index is 12.4. The Kier molecular flexibility index (Phi) is 6.24. The quantitative estimate of drug-likeness (QED) is 0.395. The summed E-state index contributed by atoms with van der Waals surface area (Å²) in [5.41, 5.74) is -1.57. The van der Waals surface area contributed by atoms with E-state index in [1.165, 1.54) is 19.3 Å². The number of pyridine rings is 1. The van der Waals surface area contributed by atoms with Crippen LogP contribution < -0.4 is 9.62 Å². The smallest absolute Gasteiger partial charge is 0.357 e. The van der Waals surface area contributed by atoms with E-state index in [4.69, 9.17) is 0 Å². The SMILES string of the molecule is FC(F)(F)SNc1ccc(-c2c[nH]c(-c3ccnc(N4CCCCC4)c3)n2)cc1Br. The molecule has 1 saturated heterocycles. The molecule has 3 heterocycles. The topological polar surface area (TPSA) is 56.8 Å². The number of halogens is 4. The fraction of sp³-hybridized carbons (Fsp3) is 0.300. The number of imidazole rings is 1. The Labute approximate surface area is 184 Å². The number of H-pyrrole nitrogens is 1. The molecule has 10 heteroatoms. The Hall–Kier alpha value is -2.20. The zero-order valence-electron chi connectivity index (χ0n) is 15.8. The molecule has 0 aliphatic carbocycles. The van der Waals surface area contributed by atoms with Crippen LogP contribution in [0, 0.1) is 0 Å². The maximum Gasteiger partial charge on any atom is 0.461 e. The Balaban J connectivity index is 1.52. The van der Waals surface area contributed by atoms with Crippen LogP contribution >= 0.6 is 27.9 Å². The van der Waals surface area contributed by atoms with E-state index in [0.717, 1.165) is 35.9 Å². The lowest BCUT2D eigenvalue weighted by Crippen LogP contribution is -2.30. The summed E-state index contributed by atoms with van der Waals surface area (Å²) < 4.78 is 40.0. The van der Waals surface area contributed by atoms with E-state index in [1.807, 2.05) is 12.1 Å². The second-order valence-electron chi connectivity index (χ2n) is 6.93. The highest BCUT2D eigenvalue weighted by molar-refractivity contribution is 9.10. The van der Waals surface area contributed by atoms with Gasteiger partial charge in [0.05, 0.1) is 23.3 Å². The van der Waals surface area contributed by atoms with E-state index in [2.05, 4.69) is 40.5 Å². The highest BCUT2D eigenvalue weighted by atomic mass is 79.9. The molecule has 2 N–H and O–H groups in total. The highest BCUT2D eigenvalue weighted by Crippen LogP contribution is 2.35. The minimum absolute atomic E-state index is 0.295. The zero-order valence-corrected chi connectivity index (χ0v) is 18.2. The summed E-state index contributed by atoms with van der Waals surface area (Å²) in [6.07, 6.45) is 7.19. The summed E-state index contributed by atoms with van der Waals surface area (Å²) in [5, 5.41) is 0. The lowest BCUT2D eigenvalue weighted by Gasteiger charge is -2.27. The van der Waals surface area contributed by atoms with Crippen LogP contribution in [-0.4, -0.2) is 33.5 Å². The standard InChI is InChI=1S/C20H19BrF3N5S/c21-15-10-13(4-5-16(15)28-30-20(22,23)24)17-12-26-19(27-17)14-6-7-25-18(11-14)29-8-2-1-3-9-29/h4-7,10-12,28H,1-3,8-9H2,(H,26,27). The van der Waals surface area contributed by atoms with Crippen molar-refractivity contribution in [2.45, 2.75) is 24.8 Å². The number of benzene rings is 1. The summed E-state index contributed by atoms with van der Waals surface area (Å²) in [7, 11) is 0. The number of hydrogen-bond donors (Lipinski definition) is 2. The molecule has 1 aliphatic rings. The lowest BCUT2D eigenvalue weighted by molar-refractivity contribution is -0.0323. The molecule has 0 radical (unpaired) electrons.